The Hall–Kier alpha value is -1.14. The molecule has 0 saturated heterocycles. The third kappa shape index (κ3) is 6.54. The van der Waals surface area contributed by atoms with Crippen molar-refractivity contribution >= 4 is 22.0 Å². The van der Waals surface area contributed by atoms with Gasteiger partial charge in [0.15, 0.2) is 0 Å². The number of aromatic nitrogens is 1. The van der Waals surface area contributed by atoms with Crippen LogP contribution in [0.4, 0.5) is 4.79 Å². The maximum Gasteiger partial charge on any atom is 0.407 e. The molecule has 1 unspecified atom stereocenters. The molecule has 19 heavy (non-hydrogen) atoms. The number of halogens is 1. The van der Waals surface area contributed by atoms with Gasteiger partial charge in [0.25, 0.3) is 0 Å². The van der Waals surface area contributed by atoms with Gasteiger partial charge in [0.1, 0.15) is 10.2 Å². The van der Waals surface area contributed by atoms with E-state index in [1.807, 2.05) is 0 Å². The maximum atomic E-state index is 11.4. The molecule has 2 N–H and O–H groups in total. The van der Waals surface area contributed by atoms with E-state index in [0.717, 1.165) is 4.60 Å². The van der Waals surface area contributed by atoms with Gasteiger partial charge in [-0.1, -0.05) is 6.07 Å². The molecule has 0 aliphatic heterocycles. The van der Waals surface area contributed by atoms with Crippen molar-refractivity contribution in [2.24, 2.45) is 0 Å². The fourth-order valence-electron chi connectivity index (χ4n) is 1.38. The Morgan fingerprint density at radius 1 is 1.53 bits per heavy atom. The second-order valence-corrected chi connectivity index (χ2v) is 5.96. The summed E-state index contributed by atoms with van der Waals surface area (Å²) in [6, 6.07) is 3.55. The van der Waals surface area contributed by atoms with Crippen LogP contribution in [-0.4, -0.2) is 28.3 Å². The highest BCUT2D eigenvalue weighted by atomic mass is 79.9. The van der Waals surface area contributed by atoms with Crippen LogP contribution >= 0.6 is 15.9 Å². The monoisotopic (exact) mass is 330 g/mol. The van der Waals surface area contributed by atoms with Gasteiger partial charge >= 0.3 is 6.09 Å². The lowest BCUT2D eigenvalue weighted by Gasteiger charge is -2.20. The molecule has 1 aromatic rings. The Morgan fingerprint density at radius 3 is 2.74 bits per heavy atom. The van der Waals surface area contributed by atoms with E-state index in [4.69, 9.17) is 4.74 Å². The number of aliphatic hydroxyl groups excluding tert-OH is 1. The van der Waals surface area contributed by atoms with Gasteiger partial charge in [0.05, 0.1) is 6.10 Å². The summed E-state index contributed by atoms with van der Waals surface area (Å²) in [6.07, 6.45) is 0.870. The van der Waals surface area contributed by atoms with Crippen molar-refractivity contribution in [3.8, 4) is 0 Å². The molecule has 1 heterocycles. The highest BCUT2D eigenvalue weighted by Crippen LogP contribution is 2.16. The number of aliphatic hydroxyl groups is 1. The molecule has 6 heteroatoms. The molecule has 0 aliphatic carbocycles. The van der Waals surface area contributed by atoms with Crippen molar-refractivity contribution in [1.29, 1.82) is 0 Å². The zero-order valence-corrected chi connectivity index (χ0v) is 12.9. The second-order valence-electron chi connectivity index (χ2n) is 5.15. The van der Waals surface area contributed by atoms with Crippen molar-refractivity contribution in [2.45, 2.75) is 38.9 Å². The summed E-state index contributed by atoms with van der Waals surface area (Å²) in [5.41, 5.74) is 0.201. The summed E-state index contributed by atoms with van der Waals surface area (Å²) >= 11 is 3.23. The lowest BCUT2D eigenvalue weighted by atomic mass is 10.1. The fourth-order valence-corrected chi connectivity index (χ4v) is 1.61. The Bertz CT molecular complexity index is 415. The average Bonchev–Trinajstić information content (AvgIpc) is 2.27. The molecule has 106 valence electrons. The van der Waals surface area contributed by atoms with Gasteiger partial charge < -0.3 is 15.2 Å². The van der Waals surface area contributed by atoms with E-state index in [-0.39, 0.29) is 0 Å². The predicted octanol–water partition coefficient (Wildman–Crippen LogP) is 2.79. The van der Waals surface area contributed by atoms with Crippen LogP contribution < -0.4 is 5.32 Å². The minimum absolute atomic E-state index is 0.339. The number of carbonyl (C=O) groups is 1. The summed E-state index contributed by atoms with van der Waals surface area (Å²) in [4.78, 5) is 15.4. The minimum atomic E-state index is -0.657. The van der Waals surface area contributed by atoms with Crippen LogP contribution in [0.3, 0.4) is 0 Å². The molecule has 0 radical (unpaired) electrons. The number of hydrogen-bond donors (Lipinski definition) is 2. The SMILES string of the molecule is CC(C)(C)OC(=O)NCCC(O)c1ccc(Br)nc1. The normalized spacial score (nSPS) is 12.9. The highest BCUT2D eigenvalue weighted by Gasteiger charge is 2.16. The van der Waals surface area contributed by atoms with Crippen LogP contribution in [-0.2, 0) is 4.74 Å². The van der Waals surface area contributed by atoms with E-state index >= 15 is 0 Å². The number of hydrogen-bond acceptors (Lipinski definition) is 4. The number of nitrogens with one attached hydrogen (secondary N) is 1. The van der Waals surface area contributed by atoms with Crippen LogP contribution in [0.5, 0.6) is 0 Å². The average molecular weight is 331 g/mol. The van der Waals surface area contributed by atoms with E-state index < -0.39 is 17.8 Å². The zero-order chi connectivity index (χ0) is 14.5. The van der Waals surface area contributed by atoms with E-state index in [0.29, 0.717) is 18.5 Å². The summed E-state index contributed by atoms with van der Waals surface area (Å²) in [5.74, 6) is 0. The Labute approximate surface area is 121 Å². The predicted molar refractivity (Wildman–Crippen MR) is 75.8 cm³/mol. The molecule has 0 aliphatic rings. The Balaban J connectivity index is 2.33. The van der Waals surface area contributed by atoms with Gasteiger partial charge in [-0.3, -0.25) is 0 Å². The quantitative estimate of drug-likeness (QED) is 0.832. The molecule has 1 amide bonds. The van der Waals surface area contributed by atoms with Gasteiger partial charge in [0.2, 0.25) is 0 Å². The molecule has 0 saturated carbocycles. The number of ether oxygens (including phenoxy) is 1. The number of pyridine rings is 1. The Kier molecular flexibility index (Phi) is 5.75. The first-order valence-corrected chi connectivity index (χ1v) is 6.83. The van der Waals surface area contributed by atoms with E-state index in [2.05, 4.69) is 26.2 Å². The summed E-state index contributed by atoms with van der Waals surface area (Å²) < 4.78 is 5.81. The first-order valence-electron chi connectivity index (χ1n) is 6.04. The number of nitrogens with zero attached hydrogens (tertiary/aromatic N) is 1. The van der Waals surface area contributed by atoms with Crippen LogP contribution in [0.1, 0.15) is 38.9 Å². The third-order valence-electron chi connectivity index (χ3n) is 2.22. The fraction of sp³-hybridized carbons (Fsp3) is 0.538. The minimum Gasteiger partial charge on any atom is -0.444 e. The molecule has 0 fully saturated rings. The lowest BCUT2D eigenvalue weighted by Crippen LogP contribution is -2.33. The molecule has 1 atom stereocenters. The molecule has 0 aromatic carbocycles. The highest BCUT2D eigenvalue weighted by molar-refractivity contribution is 9.10. The largest absolute Gasteiger partial charge is 0.444 e. The van der Waals surface area contributed by atoms with Crippen LogP contribution in [0, 0.1) is 0 Å². The van der Waals surface area contributed by atoms with E-state index in [1.54, 1.807) is 39.1 Å². The van der Waals surface area contributed by atoms with Crippen LogP contribution in [0.2, 0.25) is 0 Å². The summed E-state index contributed by atoms with van der Waals surface area (Å²) in [6.45, 7) is 5.74. The third-order valence-corrected chi connectivity index (χ3v) is 2.69. The topological polar surface area (TPSA) is 71.5 Å². The number of alkyl carbamates (subject to hydrolysis) is 1. The van der Waals surface area contributed by atoms with Crippen molar-refractivity contribution in [3.05, 3.63) is 28.5 Å². The molecule has 5 nitrogen and oxygen atoms in total. The zero-order valence-electron chi connectivity index (χ0n) is 11.3. The van der Waals surface area contributed by atoms with Crippen molar-refractivity contribution < 1.29 is 14.6 Å². The van der Waals surface area contributed by atoms with E-state index in [9.17, 15) is 9.90 Å². The molecular formula is C13H19BrN2O3. The maximum absolute atomic E-state index is 11.4. The second kappa shape index (κ2) is 6.86. The smallest absolute Gasteiger partial charge is 0.407 e. The number of rotatable bonds is 4. The van der Waals surface area contributed by atoms with Crippen molar-refractivity contribution in [3.63, 3.8) is 0 Å². The molecular weight excluding hydrogens is 312 g/mol. The summed E-state index contributed by atoms with van der Waals surface area (Å²) in [5, 5.41) is 12.5. The van der Waals surface area contributed by atoms with Gasteiger partial charge in [-0.15, -0.1) is 0 Å². The van der Waals surface area contributed by atoms with Gasteiger partial charge in [-0.25, -0.2) is 9.78 Å². The number of amides is 1. The molecule has 1 rings (SSSR count). The van der Waals surface area contributed by atoms with E-state index in [1.165, 1.54) is 0 Å². The first-order chi connectivity index (χ1) is 8.78. The van der Waals surface area contributed by atoms with Gasteiger partial charge in [0, 0.05) is 12.7 Å². The van der Waals surface area contributed by atoms with Gasteiger partial charge in [-0.2, -0.15) is 0 Å². The standard InChI is InChI=1S/C13H19BrN2O3/c1-13(2,3)19-12(18)15-7-6-10(17)9-4-5-11(14)16-8-9/h4-5,8,10,17H,6-7H2,1-3H3,(H,15,18). The molecule has 1 aromatic heterocycles. The Morgan fingerprint density at radius 2 is 2.21 bits per heavy atom. The molecule has 0 spiro atoms. The first kappa shape index (κ1) is 15.9. The van der Waals surface area contributed by atoms with Gasteiger partial charge in [-0.05, 0) is 54.8 Å². The summed E-state index contributed by atoms with van der Waals surface area (Å²) in [7, 11) is 0. The van der Waals surface area contributed by atoms with Crippen LogP contribution in [0.25, 0.3) is 0 Å². The number of carbonyl (C=O) groups excluding carboxylic acids is 1. The van der Waals surface area contributed by atoms with Crippen molar-refractivity contribution in [2.75, 3.05) is 6.54 Å². The van der Waals surface area contributed by atoms with Crippen molar-refractivity contribution in [1.82, 2.24) is 10.3 Å². The molecule has 0 bridgehead atoms. The van der Waals surface area contributed by atoms with Crippen LogP contribution in [0.15, 0.2) is 22.9 Å². The lowest BCUT2D eigenvalue weighted by molar-refractivity contribution is 0.0518.